The number of aromatic hydroxyl groups is 1. The number of hydrogen-bond donors (Lipinski definition) is 8. The van der Waals surface area contributed by atoms with E-state index in [-0.39, 0.29) is 37.4 Å². The van der Waals surface area contributed by atoms with Crippen molar-refractivity contribution in [1.29, 1.82) is 0 Å². The van der Waals surface area contributed by atoms with Crippen LogP contribution < -0.4 is 27.0 Å². The number of hydrogen-bond acceptors (Lipinski definition) is 7. The second-order valence-electron chi connectivity index (χ2n) is 12.7. The lowest BCUT2D eigenvalue weighted by Gasteiger charge is -2.25. The summed E-state index contributed by atoms with van der Waals surface area (Å²) in [7, 11) is 0. The van der Waals surface area contributed by atoms with Crippen LogP contribution in [0.2, 0.25) is 0 Å². The Morgan fingerprint density at radius 2 is 1.32 bits per heavy atom. The second-order valence-corrected chi connectivity index (χ2v) is 12.7. The highest BCUT2D eigenvalue weighted by atomic mass is 16.4. The predicted molar refractivity (Wildman–Crippen MR) is 188 cm³/mol. The molecule has 0 radical (unpaired) electrons. The van der Waals surface area contributed by atoms with Gasteiger partial charge in [0.15, 0.2) is 0 Å². The number of carboxylic acids is 1. The zero-order valence-corrected chi connectivity index (χ0v) is 28.0. The molecule has 1 aromatic heterocycles. The van der Waals surface area contributed by atoms with Crippen LogP contribution >= 0.6 is 0 Å². The van der Waals surface area contributed by atoms with Crippen molar-refractivity contribution < 1.29 is 34.2 Å². The van der Waals surface area contributed by atoms with Crippen molar-refractivity contribution in [2.24, 2.45) is 11.7 Å². The zero-order chi connectivity index (χ0) is 36.2. The summed E-state index contributed by atoms with van der Waals surface area (Å²) in [6.07, 6.45) is 2.20. The van der Waals surface area contributed by atoms with Gasteiger partial charge < -0.3 is 42.2 Å². The van der Waals surface area contributed by atoms with Crippen molar-refractivity contribution >= 4 is 40.5 Å². The molecular formula is C37H44N6O7. The van der Waals surface area contributed by atoms with E-state index in [1.54, 1.807) is 42.6 Å². The summed E-state index contributed by atoms with van der Waals surface area (Å²) < 4.78 is 0. The van der Waals surface area contributed by atoms with E-state index in [0.717, 1.165) is 27.6 Å². The molecule has 0 aliphatic rings. The third kappa shape index (κ3) is 10.9. The number of aromatic amines is 1. The molecule has 13 nitrogen and oxygen atoms in total. The summed E-state index contributed by atoms with van der Waals surface area (Å²) in [6, 6.07) is 18.2. The number of benzene rings is 3. The van der Waals surface area contributed by atoms with Gasteiger partial charge >= 0.3 is 5.97 Å². The van der Waals surface area contributed by atoms with Gasteiger partial charge in [-0.05, 0) is 53.6 Å². The summed E-state index contributed by atoms with van der Waals surface area (Å²) in [6.45, 7) is 3.22. The molecule has 264 valence electrons. The summed E-state index contributed by atoms with van der Waals surface area (Å²) in [5.41, 5.74) is 9.05. The van der Waals surface area contributed by atoms with Gasteiger partial charge in [-0.2, -0.15) is 0 Å². The number of aliphatic carboxylic acids is 1. The average molecular weight is 685 g/mol. The van der Waals surface area contributed by atoms with E-state index in [1.165, 1.54) is 12.1 Å². The van der Waals surface area contributed by atoms with Gasteiger partial charge in [0.25, 0.3) is 0 Å². The molecule has 4 unspecified atom stereocenters. The number of nitrogens with two attached hydrogens (primary N) is 1. The summed E-state index contributed by atoms with van der Waals surface area (Å²) in [5, 5.41) is 30.6. The van der Waals surface area contributed by atoms with Crippen LogP contribution in [0.3, 0.4) is 0 Å². The number of para-hydroxylation sites is 1. The highest BCUT2D eigenvalue weighted by Crippen LogP contribution is 2.19. The first-order valence-electron chi connectivity index (χ1n) is 16.4. The molecule has 0 saturated heterocycles. The molecule has 0 saturated carbocycles. The number of carbonyl (C=O) groups is 5. The third-order valence-electron chi connectivity index (χ3n) is 8.14. The van der Waals surface area contributed by atoms with Gasteiger partial charge in [0.1, 0.15) is 23.9 Å². The number of phenols is 1. The molecule has 0 spiro atoms. The molecule has 0 fully saturated rings. The minimum atomic E-state index is -1.19. The van der Waals surface area contributed by atoms with Crippen LogP contribution in [0.15, 0.2) is 85.1 Å². The topological polar surface area (TPSA) is 216 Å². The van der Waals surface area contributed by atoms with E-state index in [4.69, 9.17) is 5.73 Å². The van der Waals surface area contributed by atoms with Gasteiger partial charge in [0, 0.05) is 29.9 Å². The van der Waals surface area contributed by atoms with Crippen molar-refractivity contribution in [3.63, 3.8) is 0 Å². The van der Waals surface area contributed by atoms with Gasteiger partial charge in [-0.3, -0.25) is 19.2 Å². The molecule has 4 rings (SSSR count). The standard InChI is InChI=1S/C37H44N6O7/c1-22(2)16-32(37(49)50)43-35(47)30(18-23-8-4-3-5-9-23)42-36(48)31(19-25-20-39-29-11-7-6-10-27(25)29)41-33(45)21-40-34(46)28(38)17-24-12-14-26(44)15-13-24/h3-15,20,22,28,30-32,39,44H,16-19,21,38H2,1-2H3,(H,40,46)(H,41,45)(H,42,48)(H,43,47)(H,49,50). The molecule has 0 bridgehead atoms. The second kappa shape index (κ2) is 17.6. The Labute approximate surface area is 290 Å². The maximum absolute atomic E-state index is 14.0. The number of H-pyrrole nitrogens is 1. The Morgan fingerprint density at radius 3 is 1.98 bits per heavy atom. The average Bonchev–Trinajstić information content (AvgIpc) is 3.50. The number of phenolic OH excluding ortho intramolecular Hbond substituents is 1. The van der Waals surface area contributed by atoms with Crippen LogP contribution in [0.4, 0.5) is 0 Å². The minimum absolute atomic E-state index is 0.0165. The first-order valence-corrected chi connectivity index (χ1v) is 16.4. The number of aromatic nitrogens is 1. The zero-order valence-electron chi connectivity index (χ0n) is 28.0. The van der Waals surface area contributed by atoms with E-state index >= 15 is 0 Å². The molecule has 0 aliphatic heterocycles. The predicted octanol–water partition coefficient (Wildman–Crippen LogP) is 1.93. The first kappa shape index (κ1) is 37.1. The summed E-state index contributed by atoms with van der Waals surface area (Å²) >= 11 is 0. The molecule has 0 aliphatic carbocycles. The molecule has 13 heteroatoms. The molecule has 1 heterocycles. The highest BCUT2D eigenvalue weighted by molar-refractivity contribution is 5.95. The normalized spacial score (nSPS) is 13.5. The van der Waals surface area contributed by atoms with E-state index in [1.807, 2.05) is 44.2 Å². The largest absolute Gasteiger partial charge is 0.508 e. The molecule has 50 heavy (non-hydrogen) atoms. The van der Waals surface area contributed by atoms with E-state index in [0.29, 0.717) is 0 Å². The number of carboxylic acid groups (broad SMARTS) is 1. The van der Waals surface area contributed by atoms with Gasteiger partial charge in [-0.1, -0.05) is 74.5 Å². The van der Waals surface area contributed by atoms with E-state index in [2.05, 4.69) is 26.3 Å². The van der Waals surface area contributed by atoms with Crippen molar-refractivity contribution in [3.05, 3.63) is 102 Å². The Kier molecular flexibility index (Phi) is 13.1. The number of fused-ring (bicyclic) bond motifs is 1. The Bertz CT molecular complexity index is 1770. The molecule has 3 aromatic carbocycles. The van der Waals surface area contributed by atoms with Crippen LogP contribution in [0.5, 0.6) is 5.75 Å². The quantitative estimate of drug-likeness (QED) is 0.0820. The summed E-state index contributed by atoms with van der Waals surface area (Å²) in [5.74, 6) is -3.73. The monoisotopic (exact) mass is 684 g/mol. The SMILES string of the molecule is CC(C)CC(NC(=O)C(Cc1ccccc1)NC(=O)C(Cc1c[nH]c2ccccc12)NC(=O)CNC(=O)C(N)Cc1ccc(O)cc1)C(=O)O. The van der Waals surface area contributed by atoms with Crippen molar-refractivity contribution in [2.45, 2.75) is 63.7 Å². The molecule has 4 amide bonds. The van der Waals surface area contributed by atoms with Gasteiger partial charge in [-0.25, -0.2) is 4.79 Å². The lowest BCUT2D eigenvalue weighted by Crippen LogP contribution is -2.57. The first-order chi connectivity index (χ1) is 23.9. The number of nitrogens with one attached hydrogen (secondary N) is 5. The molecule has 9 N–H and O–H groups in total. The summed E-state index contributed by atoms with van der Waals surface area (Å²) in [4.78, 5) is 68.5. The van der Waals surface area contributed by atoms with Crippen LogP contribution in [-0.4, -0.2) is 75.5 Å². The van der Waals surface area contributed by atoms with Crippen molar-refractivity contribution in [3.8, 4) is 5.75 Å². The maximum Gasteiger partial charge on any atom is 0.326 e. The Hall–Kier alpha value is -5.69. The van der Waals surface area contributed by atoms with Crippen LogP contribution in [0.1, 0.15) is 37.0 Å². The van der Waals surface area contributed by atoms with E-state index in [9.17, 15) is 34.2 Å². The fraction of sp³-hybridized carbons (Fsp3) is 0.324. The van der Waals surface area contributed by atoms with E-state index < -0.39 is 60.3 Å². The third-order valence-corrected chi connectivity index (χ3v) is 8.14. The molecule has 4 atom stereocenters. The lowest BCUT2D eigenvalue weighted by atomic mass is 10.0. The number of rotatable bonds is 17. The van der Waals surface area contributed by atoms with Gasteiger partial charge in [-0.15, -0.1) is 0 Å². The minimum Gasteiger partial charge on any atom is -0.508 e. The van der Waals surface area contributed by atoms with Crippen LogP contribution in [-0.2, 0) is 43.2 Å². The maximum atomic E-state index is 14.0. The van der Waals surface area contributed by atoms with Gasteiger partial charge in [0.05, 0.1) is 12.6 Å². The van der Waals surface area contributed by atoms with Gasteiger partial charge in [0.2, 0.25) is 23.6 Å². The Balaban J connectivity index is 1.51. The highest BCUT2D eigenvalue weighted by Gasteiger charge is 2.31. The molecule has 4 aromatic rings. The van der Waals surface area contributed by atoms with Crippen LogP contribution in [0.25, 0.3) is 10.9 Å². The lowest BCUT2D eigenvalue weighted by molar-refractivity contribution is -0.142. The smallest absolute Gasteiger partial charge is 0.326 e. The van der Waals surface area contributed by atoms with Crippen LogP contribution in [0, 0.1) is 5.92 Å². The van der Waals surface area contributed by atoms with Crippen molar-refractivity contribution in [1.82, 2.24) is 26.3 Å². The number of carbonyl (C=O) groups excluding carboxylic acids is 4. The molecular weight excluding hydrogens is 640 g/mol. The fourth-order valence-corrected chi connectivity index (χ4v) is 5.55. The number of amides is 4. The Morgan fingerprint density at radius 1 is 0.720 bits per heavy atom. The fourth-order valence-electron chi connectivity index (χ4n) is 5.55. The van der Waals surface area contributed by atoms with Crippen molar-refractivity contribution in [2.75, 3.05) is 6.54 Å².